The van der Waals surface area contributed by atoms with Crippen molar-refractivity contribution in [3.8, 4) is 5.75 Å². The predicted molar refractivity (Wildman–Crippen MR) is 52.1 cm³/mol. The molecule has 0 aliphatic carbocycles. The van der Waals surface area contributed by atoms with Crippen molar-refractivity contribution in [1.82, 2.24) is 5.32 Å². The Bertz CT molecular complexity index is 330. The van der Waals surface area contributed by atoms with Gasteiger partial charge in [-0.1, -0.05) is 12.1 Å². The number of carbonyl (C=O) groups is 1. The largest absolute Gasteiger partial charge is 0.412 e. The molecule has 5 heteroatoms. The summed E-state index contributed by atoms with van der Waals surface area (Å²) >= 11 is 0. The van der Waals surface area contributed by atoms with E-state index in [1.54, 1.807) is 6.07 Å². The van der Waals surface area contributed by atoms with Gasteiger partial charge < -0.3 is 15.2 Å². The lowest BCUT2D eigenvalue weighted by molar-refractivity contribution is 0.196. The highest BCUT2D eigenvalue weighted by Gasteiger charge is 2.06. The van der Waals surface area contributed by atoms with Crippen LogP contribution in [0.25, 0.3) is 0 Å². The van der Waals surface area contributed by atoms with Crippen LogP contribution in [0.15, 0.2) is 24.3 Å². The Morgan fingerprint density at radius 3 is 2.87 bits per heavy atom. The molecule has 4 nitrogen and oxygen atoms in total. The summed E-state index contributed by atoms with van der Waals surface area (Å²) in [4.78, 5) is 11.1. The number of aliphatic hydroxyl groups excluding tert-OH is 1. The van der Waals surface area contributed by atoms with Gasteiger partial charge in [0.1, 0.15) is 0 Å². The molecule has 0 aliphatic heterocycles. The molecule has 0 aliphatic rings. The first-order chi connectivity index (χ1) is 7.24. The second kappa shape index (κ2) is 5.98. The number of benzene rings is 1. The van der Waals surface area contributed by atoms with Crippen molar-refractivity contribution < 1.29 is 19.0 Å². The number of aliphatic hydroxyl groups is 1. The van der Waals surface area contributed by atoms with Crippen LogP contribution in [0.4, 0.5) is 9.18 Å². The van der Waals surface area contributed by atoms with E-state index in [1.165, 1.54) is 18.2 Å². The van der Waals surface area contributed by atoms with E-state index < -0.39 is 11.9 Å². The molecule has 1 amide bonds. The van der Waals surface area contributed by atoms with E-state index in [0.717, 1.165) is 0 Å². The van der Waals surface area contributed by atoms with Crippen molar-refractivity contribution in [3.05, 3.63) is 30.1 Å². The van der Waals surface area contributed by atoms with Crippen LogP contribution < -0.4 is 10.1 Å². The molecule has 0 aromatic heterocycles. The first kappa shape index (κ1) is 11.5. The van der Waals surface area contributed by atoms with Crippen LogP contribution in [-0.2, 0) is 0 Å². The summed E-state index contributed by atoms with van der Waals surface area (Å²) in [6, 6.07) is 5.64. The smallest absolute Gasteiger partial charge is 0.407 e. The molecule has 0 spiro atoms. The molecule has 0 saturated heterocycles. The second-order valence-electron chi connectivity index (χ2n) is 2.82. The van der Waals surface area contributed by atoms with Crippen LogP contribution in [0.3, 0.4) is 0 Å². The van der Waals surface area contributed by atoms with Gasteiger partial charge in [0.25, 0.3) is 0 Å². The molecule has 0 saturated carbocycles. The average Bonchev–Trinajstić information content (AvgIpc) is 2.22. The Hall–Kier alpha value is -1.62. The topological polar surface area (TPSA) is 58.6 Å². The SMILES string of the molecule is O=C(NCCCO)Oc1ccccc1F. The standard InChI is InChI=1S/C10H12FNO3/c11-8-4-1-2-5-9(8)15-10(14)12-6-3-7-13/h1-2,4-5,13H,3,6-7H2,(H,12,14). The molecule has 0 bridgehead atoms. The number of rotatable bonds is 4. The third-order valence-electron chi connectivity index (χ3n) is 1.64. The molecule has 0 atom stereocenters. The van der Waals surface area contributed by atoms with Gasteiger partial charge in [0.15, 0.2) is 11.6 Å². The van der Waals surface area contributed by atoms with Gasteiger partial charge in [0.2, 0.25) is 0 Å². The monoisotopic (exact) mass is 213 g/mol. The van der Waals surface area contributed by atoms with Gasteiger partial charge in [0.05, 0.1) is 0 Å². The number of carbonyl (C=O) groups excluding carboxylic acids is 1. The summed E-state index contributed by atoms with van der Waals surface area (Å²) in [5.74, 6) is -0.700. The highest BCUT2D eigenvalue weighted by Crippen LogP contribution is 2.15. The third kappa shape index (κ3) is 3.95. The van der Waals surface area contributed by atoms with E-state index in [9.17, 15) is 9.18 Å². The molecule has 0 fully saturated rings. The first-order valence-electron chi connectivity index (χ1n) is 4.55. The van der Waals surface area contributed by atoms with Crippen molar-refractivity contribution >= 4 is 6.09 Å². The van der Waals surface area contributed by atoms with Gasteiger partial charge in [-0.25, -0.2) is 9.18 Å². The van der Waals surface area contributed by atoms with Crippen LogP contribution in [-0.4, -0.2) is 24.4 Å². The van der Waals surface area contributed by atoms with Gasteiger partial charge in [-0.05, 0) is 18.6 Å². The Morgan fingerprint density at radius 1 is 1.47 bits per heavy atom. The molecule has 1 aromatic carbocycles. The van der Waals surface area contributed by atoms with Crippen molar-refractivity contribution in [1.29, 1.82) is 0 Å². The molecule has 0 radical (unpaired) electrons. The van der Waals surface area contributed by atoms with Crippen molar-refractivity contribution in [3.63, 3.8) is 0 Å². The molecule has 0 unspecified atom stereocenters. The fourth-order valence-corrected chi connectivity index (χ4v) is 0.933. The molecule has 2 N–H and O–H groups in total. The molecule has 1 aromatic rings. The normalized spacial score (nSPS) is 9.73. The van der Waals surface area contributed by atoms with E-state index in [-0.39, 0.29) is 12.4 Å². The average molecular weight is 213 g/mol. The fraction of sp³-hybridized carbons (Fsp3) is 0.300. The summed E-state index contributed by atoms with van der Waals surface area (Å²) < 4.78 is 17.7. The van der Waals surface area contributed by atoms with E-state index in [0.29, 0.717) is 13.0 Å². The maximum atomic E-state index is 13.0. The Labute approximate surface area is 86.7 Å². The number of hydrogen-bond acceptors (Lipinski definition) is 3. The van der Waals surface area contributed by atoms with Gasteiger partial charge in [0, 0.05) is 13.2 Å². The number of halogens is 1. The van der Waals surface area contributed by atoms with E-state index in [2.05, 4.69) is 10.1 Å². The highest BCUT2D eigenvalue weighted by molar-refractivity contribution is 5.70. The van der Waals surface area contributed by atoms with Crippen molar-refractivity contribution in [2.75, 3.05) is 13.2 Å². The lowest BCUT2D eigenvalue weighted by Crippen LogP contribution is -2.28. The molecule has 1 rings (SSSR count). The summed E-state index contributed by atoms with van der Waals surface area (Å²) in [5.41, 5.74) is 0. The van der Waals surface area contributed by atoms with Crippen molar-refractivity contribution in [2.45, 2.75) is 6.42 Å². The van der Waals surface area contributed by atoms with Gasteiger partial charge in [-0.2, -0.15) is 0 Å². The molecular formula is C10H12FNO3. The molecule has 82 valence electrons. The predicted octanol–water partition coefficient (Wildman–Crippen LogP) is 1.30. The van der Waals surface area contributed by atoms with E-state index >= 15 is 0 Å². The fourth-order valence-electron chi connectivity index (χ4n) is 0.933. The zero-order valence-electron chi connectivity index (χ0n) is 8.07. The molecular weight excluding hydrogens is 201 g/mol. The zero-order valence-corrected chi connectivity index (χ0v) is 8.07. The maximum Gasteiger partial charge on any atom is 0.412 e. The summed E-state index contributed by atoms with van der Waals surface area (Å²) in [6.07, 6.45) is -0.291. The molecule has 15 heavy (non-hydrogen) atoms. The van der Waals surface area contributed by atoms with E-state index in [1.807, 2.05) is 0 Å². The highest BCUT2D eigenvalue weighted by atomic mass is 19.1. The Morgan fingerprint density at radius 2 is 2.20 bits per heavy atom. The van der Waals surface area contributed by atoms with Crippen LogP contribution in [0.2, 0.25) is 0 Å². The van der Waals surface area contributed by atoms with Crippen LogP contribution >= 0.6 is 0 Å². The van der Waals surface area contributed by atoms with Gasteiger partial charge in [-0.15, -0.1) is 0 Å². The summed E-state index contributed by atoms with van der Waals surface area (Å²) in [7, 11) is 0. The van der Waals surface area contributed by atoms with Crippen LogP contribution in [0.1, 0.15) is 6.42 Å². The number of nitrogens with one attached hydrogen (secondary N) is 1. The first-order valence-corrected chi connectivity index (χ1v) is 4.55. The number of amides is 1. The van der Waals surface area contributed by atoms with Crippen LogP contribution in [0.5, 0.6) is 5.75 Å². The van der Waals surface area contributed by atoms with Crippen LogP contribution in [0, 0.1) is 5.82 Å². The molecule has 0 heterocycles. The third-order valence-corrected chi connectivity index (χ3v) is 1.64. The Kier molecular flexibility index (Phi) is 4.56. The summed E-state index contributed by atoms with van der Waals surface area (Å²) in [6.45, 7) is 0.282. The lowest BCUT2D eigenvalue weighted by Gasteiger charge is -2.06. The quantitative estimate of drug-likeness (QED) is 0.741. The second-order valence-corrected chi connectivity index (χ2v) is 2.82. The number of hydrogen-bond donors (Lipinski definition) is 2. The van der Waals surface area contributed by atoms with Crippen molar-refractivity contribution in [2.24, 2.45) is 0 Å². The minimum absolute atomic E-state index is 0.0139. The summed E-state index contributed by atoms with van der Waals surface area (Å²) in [5, 5.41) is 10.8. The maximum absolute atomic E-state index is 13.0. The van der Waals surface area contributed by atoms with E-state index in [4.69, 9.17) is 5.11 Å². The number of ether oxygens (including phenoxy) is 1. The zero-order chi connectivity index (χ0) is 11.1. The van der Waals surface area contributed by atoms with Gasteiger partial charge >= 0.3 is 6.09 Å². The minimum Gasteiger partial charge on any atom is -0.407 e. The minimum atomic E-state index is -0.728. The lowest BCUT2D eigenvalue weighted by atomic mass is 10.3. The number of para-hydroxylation sites is 1. The Balaban J connectivity index is 2.41. The van der Waals surface area contributed by atoms with Gasteiger partial charge in [-0.3, -0.25) is 0 Å².